The van der Waals surface area contributed by atoms with E-state index in [0.717, 1.165) is 41.2 Å². The minimum absolute atomic E-state index is 0.119. The van der Waals surface area contributed by atoms with E-state index in [4.69, 9.17) is 11.6 Å². The highest BCUT2D eigenvalue weighted by Crippen LogP contribution is 2.27. The van der Waals surface area contributed by atoms with Crippen LogP contribution in [0.1, 0.15) is 23.7 Å². The Morgan fingerprint density at radius 2 is 1.88 bits per heavy atom. The largest absolute Gasteiger partial charge is 0.336 e. The molecule has 10 heteroatoms. The summed E-state index contributed by atoms with van der Waals surface area (Å²) >= 11 is 6.03. The number of fused-ring (bicyclic) bond motifs is 1. The van der Waals surface area contributed by atoms with Crippen LogP contribution in [0.2, 0.25) is 5.02 Å². The first-order chi connectivity index (χ1) is 16.5. The van der Waals surface area contributed by atoms with E-state index in [-0.39, 0.29) is 5.91 Å². The number of aromatic nitrogens is 5. The van der Waals surface area contributed by atoms with Gasteiger partial charge in [-0.05, 0) is 48.9 Å². The fraction of sp³-hybridized carbons (Fsp3) is 0.208. The van der Waals surface area contributed by atoms with Gasteiger partial charge in [-0.1, -0.05) is 17.7 Å². The zero-order valence-electron chi connectivity index (χ0n) is 18.8. The number of amides is 1. The number of anilines is 4. The Kier molecular flexibility index (Phi) is 5.85. The van der Waals surface area contributed by atoms with Gasteiger partial charge in [0, 0.05) is 48.4 Å². The summed E-state index contributed by atoms with van der Waals surface area (Å²) in [5.41, 5.74) is 5.76. The zero-order valence-corrected chi connectivity index (χ0v) is 19.5. The molecule has 0 saturated heterocycles. The summed E-state index contributed by atoms with van der Waals surface area (Å²) < 4.78 is 1.97. The van der Waals surface area contributed by atoms with Gasteiger partial charge in [-0.2, -0.15) is 10.1 Å². The smallest absolute Gasteiger partial charge is 0.232 e. The second-order valence-corrected chi connectivity index (χ2v) is 8.51. The molecular formula is C24H23ClN8O. The Hall–Kier alpha value is -3.98. The summed E-state index contributed by atoms with van der Waals surface area (Å²) in [5, 5.41) is 11.4. The first-order valence-corrected chi connectivity index (χ1v) is 11.3. The molecule has 4 aromatic rings. The predicted molar refractivity (Wildman–Crippen MR) is 132 cm³/mol. The molecule has 0 unspecified atom stereocenters. The van der Waals surface area contributed by atoms with Crippen LogP contribution in [-0.2, 0) is 17.8 Å². The van der Waals surface area contributed by atoms with Crippen LogP contribution in [0.25, 0.3) is 5.69 Å². The number of benzene rings is 2. The van der Waals surface area contributed by atoms with E-state index < -0.39 is 0 Å². The molecule has 0 spiro atoms. The van der Waals surface area contributed by atoms with Gasteiger partial charge < -0.3 is 15.5 Å². The number of rotatable bonds is 5. The van der Waals surface area contributed by atoms with Gasteiger partial charge in [0.25, 0.3) is 0 Å². The van der Waals surface area contributed by atoms with Crippen molar-refractivity contribution in [1.29, 1.82) is 0 Å². The third kappa shape index (κ3) is 4.42. The fourth-order valence-corrected chi connectivity index (χ4v) is 4.15. The van der Waals surface area contributed by atoms with Gasteiger partial charge >= 0.3 is 0 Å². The molecule has 2 aromatic carbocycles. The molecule has 0 aliphatic carbocycles. The minimum atomic E-state index is -0.119. The van der Waals surface area contributed by atoms with Crippen molar-refractivity contribution >= 4 is 40.8 Å². The molecule has 9 nitrogen and oxygen atoms in total. The van der Waals surface area contributed by atoms with Crippen molar-refractivity contribution in [1.82, 2.24) is 24.7 Å². The molecular weight excluding hydrogens is 452 g/mol. The van der Waals surface area contributed by atoms with Gasteiger partial charge in [0.2, 0.25) is 17.8 Å². The molecule has 0 bridgehead atoms. The van der Waals surface area contributed by atoms with Crippen molar-refractivity contribution in [3.8, 4) is 5.69 Å². The van der Waals surface area contributed by atoms with Gasteiger partial charge in [0.05, 0.1) is 17.6 Å². The quantitative estimate of drug-likeness (QED) is 0.445. The Bertz CT molecular complexity index is 1350. The van der Waals surface area contributed by atoms with E-state index in [9.17, 15) is 4.79 Å². The van der Waals surface area contributed by atoms with Gasteiger partial charge in [-0.3, -0.25) is 4.79 Å². The summed E-state index contributed by atoms with van der Waals surface area (Å²) in [4.78, 5) is 26.9. The van der Waals surface area contributed by atoms with Crippen molar-refractivity contribution in [2.45, 2.75) is 26.8 Å². The highest BCUT2D eigenvalue weighted by atomic mass is 35.5. The maximum absolute atomic E-state index is 11.5. The molecule has 0 fully saturated rings. The predicted octanol–water partition coefficient (Wildman–Crippen LogP) is 4.28. The molecule has 5 rings (SSSR count). The lowest BCUT2D eigenvalue weighted by atomic mass is 10.1. The molecule has 1 amide bonds. The summed E-state index contributed by atoms with van der Waals surface area (Å²) in [5.74, 6) is 0.917. The summed E-state index contributed by atoms with van der Waals surface area (Å²) in [6.45, 7) is 4.83. The number of halogens is 1. The zero-order chi connectivity index (χ0) is 23.7. The van der Waals surface area contributed by atoms with Crippen molar-refractivity contribution in [2.75, 3.05) is 22.1 Å². The lowest BCUT2D eigenvalue weighted by Gasteiger charge is -2.27. The molecule has 0 radical (unpaired) electrons. The number of nitrogens with one attached hydrogen (secondary N) is 2. The summed E-state index contributed by atoms with van der Waals surface area (Å²) in [6, 6.07) is 13.3. The standard InChI is InChI=1S/C24H23ClN8O/c1-15-20(29-16(2)34)4-3-5-21(15)30-23-26-14-27-24(31-23)32-11-10-22-17(13-32)12-28-33(22)19-8-6-18(25)7-9-19/h3-9,12,14H,10-11,13H2,1-2H3,(H,29,34)(H,26,27,30,31). The van der Waals surface area contributed by atoms with E-state index >= 15 is 0 Å². The Labute approximate surface area is 201 Å². The van der Waals surface area contributed by atoms with Gasteiger partial charge in [0.1, 0.15) is 6.33 Å². The van der Waals surface area contributed by atoms with Crippen LogP contribution in [0.4, 0.5) is 23.3 Å². The Morgan fingerprint density at radius 3 is 2.68 bits per heavy atom. The first-order valence-electron chi connectivity index (χ1n) is 10.9. The first kappa shape index (κ1) is 21.8. The van der Waals surface area contributed by atoms with E-state index in [1.807, 2.05) is 60.3 Å². The van der Waals surface area contributed by atoms with Crippen molar-refractivity contribution < 1.29 is 4.79 Å². The van der Waals surface area contributed by atoms with Crippen LogP contribution in [0.3, 0.4) is 0 Å². The van der Waals surface area contributed by atoms with E-state index in [2.05, 4.69) is 35.6 Å². The van der Waals surface area contributed by atoms with Crippen LogP contribution in [-0.4, -0.2) is 37.2 Å². The maximum Gasteiger partial charge on any atom is 0.232 e. The molecule has 172 valence electrons. The Morgan fingerprint density at radius 1 is 1.09 bits per heavy atom. The van der Waals surface area contributed by atoms with Crippen LogP contribution in [0.5, 0.6) is 0 Å². The third-order valence-corrected chi connectivity index (χ3v) is 5.99. The average molecular weight is 475 g/mol. The molecule has 3 heterocycles. The van der Waals surface area contributed by atoms with Crippen molar-refractivity contribution in [2.24, 2.45) is 0 Å². The number of nitrogens with zero attached hydrogens (tertiary/aromatic N) is 6. The van der Waals surface area contributed by atoms with E-state index in [1.165, 1.54) is 18.9 Å². The third-order valence-electron chi connectivity index (χ3n) is 5.74. The molecule has 0 atom stereocenters. The van der Waals surface area contributed by atoms with Crippen LogP contribution >= 0.6 is 11.6 Å². The van der Waals surface area contributed by atoms with Crippen LogP contribution in [0, 0.1) is 6.92 Å². The number of carbonyl (C=O) groups excluding carboxylic acids is 1. The lowest BCUT2D eigenvalue weighted by molar-refractivity contribution is -0.114. The fourth-order valence-electron chi connectivity index (χ4n) is 4.02. The highest BCUT2D eigenvalue weighted by molar-refractivity contribution is 6.30. The number of carbonyl (C=O) groups is 1. The van der Waals surface area contributed by atoms with Crippen molar-refractivity contribution in [3.63, 3.8) is 0 Å². The average Bonchev–Trinajstić information content (AvgIpc) is 3.25. The van der Waals surface area contributed by atoms with E-state index in [1.54, 1.807) is 0 Å². The topological polar surface area (TPSA) is 101 Å². The molecule has 2 N–H and O–H groups in total. The summed E-state index contributed by atoms with van der Waals surface area (Å²) in [7, 11) is 0. The molecule has 1 aliphatic rings. The Balaban J connectivity index is 1.34. The lowest BCUT2D eigenvalue weighted by Crippen LogP contribution is -2.32. The van der Waals surface area contributed by atoms with Gasteiger partial charge in [-0.25, -0.2) is 14.6 Å². The van der Waals surface area contributed by atoms with Crippen LogP contribution < -0.4 is 15.5 Å². The number of hydrogen-bond acceptors (Lipinski definition) is 7. The second kappa shape index (κ2) is 9.11. The normalized spacial score (nSPS) is 12.9. The molecule has 0 saturated carbocycles. The van der Waals surface area contributed by atoms with Crippen molar-refractivity contribution in [3.05, 3.63) is 76.8 Å². The maximum atomic E-state index is 11.5. The number of hydrogen-bond donors (Lipinski definition) is 2. The SMILES string of the molecule is CC(=O)Nc1cccc(Nc2ncnc(N3CCc4c(cnn4-c4ccc(Cl)cc4)C3)n2)c1C. The summed E-state index contributed by atoms with van der Waals surface area (Å²) in [6.07, 6.45) is 4.21. The highest BCUT2D eigenvalue weighted by Gasteiger charge is 2.23. The molecule has 34 heavy (non-hydrogen) atoms. The second-order valence-electron chi connectivity index (χ2n) is 8.07. The molecule has 1 aliphatic heterocycles. The van der Waals surface area contributed by atoms with E-state index in [0.29, 0.717) is 23.5 Å². The van der Waals surface area contributed by atoms with Crippen LogP contribution in [0.15, 0.2) is 55.0 Å². The van der Waals surface area contributed by atoms with Gasteiger partial charge in [-0.15, -0.1) is 0 Å². The van der Waals surface area contributed by atoms with Gasteiger partial charge in [0.15, 0.2) is 0 Å². The minimum Gasteiger partial charge on any atom is -0.336 e. The monoisotopic (exact) mass is 474 g/mol. The molecule has 2 aromatic heterocycles.